The monoisotopic (exact) mass is 440 g/mol. The summed E-state index contributed by atoms with van der Waals surface area (Å²) in [4.78, 5) is 31.7. The summed E-state index contributed by atoms with van der Waals surface area (Å²) in [6.45, 7) is 0.504. The molecule has 1 N–H and O–H groups in total. The van der Waals surface area contributed by atoms with Crippen molar-refractivity contribution < 1.29 is 9.18 Å². The van der Waals surface area contributed by atoms with Crippen molar-refractivity contribution in [3.63, 3.8) is 0 Å². The van der Waals surface area contributed by atoms with Gasteiger partial charge in [-0.05, 0) is 42.7 Å². The normalized spacial score (nSPS) is 13.1. The van der Waals surface area contributed by atoms with Crippen molar-refractivity contribution in [2.45, 2.75) is 23.1 Å². The van der Waals surface area contributed by atoms with Gasteiger partial charge in [-0.1, -0.05) is 17.8 Å². The first kappa shape index (κ1) is 19.2. The van der Waals surface area contributed by atoms with Crippen LogP contribution in [0.3, 0.4) is 0 Å². The standard InChI is InChI=1S/C21H17FN4O2S2/c1-29-14-4-2-3-13(10-14)23-17(27)11-26-16-6-5-12(22)9-15(16)18-19(26)20(28)25-7-8-30-21(25)24-18/h2-6,9-10H,7-8,11H2,1H3,(H,23,27). The van der Waals surface area contributed by atoms with Crippen molar-refractivity contribution in [2.24, 2.45) is 0 Å². The Hall–Kier alpha value is -2.78. The van der Waals surface area contributed by atoms with Gasteiger partial charge in [-0.25, -0.2) is 9.37 Å². The number of aromatic nitrogens is 3. The van der Waals surface area contributed by atoms with Gasteiger partial charge in [0.05, 0.1) is 5.52 Å². The number of thioether (sulfide) groups is 2. The molecule has 0 atom stereocenters. The van der Waals surface area contributed by atoms with Crippen molar-refractivity contribution in [1.82, 2.24) is 14.1 Å². The zero-order chi connectivity index (χ0) is 20.8. The largest absolute Gasteiger partial charge is 0.325 e. The van der Waals surface area contributed by atoms with E-state index < -0.39 is 5.82 Å². The second kappa shape index (κ2) is 7.48. The lowest BCUT2D eigenvalue weighted by Gasteiger charge is -2.10. The number of amides is 1. The summed E-state index contributed by atoms with van der Waals surface area (Å²) in [5.74, 6) is 0.0959. The van der Waals surface area contributed by atoms with E-state index in [2.05, 4.69) is 10.3 Å². The molecule has 0 unspecified atom stereocenters. The minimum absolute atomic E-state index is 0.0709. The molecular formula is C21H17FN4O2S2. The molecule has 1 aliphatic rings. The quantitative estimate of drug-likeness (QED) is 0.384. The fourth-order valence-electron chi connectivity index (χ4n) is 3.75. The van der Waals surface area contributed by atoms with E-state index in [1.807, 2.05) is 30.5 Å². The molecule has 4 aromatic rings. The van der Waals surface area contributed by atoms with Crippen molar-refractivity contribution in [3.05, 3.63) is 58.6 Å². The van der Waals surface area contributed by atoms with Gasteiger partial charge in [0.2, 0.25) is 5.91 Å². The van der Waals surface area contributed by atoms with E-state index in [4.69, 9.17) is 0 Å². The predicted molar refractivity (Wildman–Crippen MR) is 119 cm³/mol. The molecule has 0 bridgehead atoms. The van der Waals surface area contributed by atoms with Gasteiger partial charge in [-0.2, -0.15) is 0 Å². The molecule has 0 aliphatic carbocycles. The zero-order valence-electron chi connectivity index (χ0n) is 16.0. The Morgan fingerprint density at radius 3 is 3.00 bits per heavy atom. The number of fused-ring (bicyclic) bond motifs is 4. The van der Waals surface area contributed by atoms with E-state index in [1.165, 1.54) is 23.9 Å². The van der Waals surface area contributed by atoms with E-state index in [0.717, 1.165) is 10.6 Å². The van der Waals surface area contributed by atoms with Gasteiger partial charge < -0.3 is 9.88 Å². The highest BCUT2D eigenvalue weighted by Gasteiger charge is 2.23. The van der Waals surface area contributed by atoms with Crippen LogP contribution in [-0.4, -0.2) is 32.0 Å². The summed E-state index contributed by atoms with van der Waals surface area (Å²) in [5, 5.41) is 4.06. The first-order valence-electron chi connectivity index (χ1n) is 9.34. The average Bonchev–Trinajstić information content (AvgIpc) is 3.32. The maximum absolute atomic E-state index is 14.0. The maximum Gasteiger partial charge on any atom is 0.278 e. The van der Waals surface area contributed by atoms with E-state index in [1.54, 1.807) is 27.0 Å². The third-order valence-corrected chi connectivity index (χ3v) is 6.77. The zero-order valence-corrected chi connectivity index (χ0v) is 17.6. The van der Waals surface area contributed by atoms with Crippen molar-refractivity contribution in [2.75, 3.05) is 17.3 Å². The number of halogens is 1. The van der Waals surface area contributed by atoms with Gasteiger partial charge in [0.1, 0.15) is 23.4 Å². The number of carbonyl (C=O) groups is 1. The summed E-state index contributed by atoms with van der Waals surface area (Å²) < 4.78 is 17.2. The third kappa shape index (κ3) is 3.18. The lowest BCUT2D eigenvalue weighted by atomic mass is 10.2. The van der Waals surface area contributed by atoms with Gasteiger partial charge in [0.25, 0.3) is 5.56 Å². The van der Waals surface area contributed by atoms with Crippen LogP contribution in [0.1, 0.15) is 0 Å². The summed E-state index contributed by atoms with van der Waals surface area (Å²) >= 11 is 3.09. The number of benzene rings is 2. The van der Waals surface area contributed by atoms with Gasteiger partial charge in [0.15, 0.2) is 5.16 Å². The molecule has 2 aromatic heterocycles. The number of carbonyl (C=O) groups excluding carboxylic acids is 1. The molecule has 0 spiro atoms. The molecule has 5 rings (SSSR count). The lowest BCUT2D eigenvalue weighted by molar-refractivity contribution is -0.116. The van der Waals surface area contributed by atoms with E-state index >= 15 is 0 Å². The predicted octanol–water partition coefficient (Wildman–Crippen LogP) is 3.96. The fourth-order valence-corrected chi connectivity index (χ4v) is 5.16. The highest BCUT2D eigenvalue weighted by Crippen LogP contribution is 2.30. The van der Waals surface area contributed by atoms with Crippen molar-refractivity contribution in [3.8, 4) is 0 Å². The first-order valence-corrected chi connectivity index (χ1v) is 11.5. The number of anilines is 1. The van der Waals surface area contributed by atoms with Crippen LogP contribution in [0.15, 0.2) is 57.3 Å². The molecule has 0 saturated heterocycles. The summed E-state index contributed by atoms with van der Waals surface area (Å²) in [6, 6.07) is 11.9. The Morgan fingerprint density at radius 1 is 1.30 bits per heavy atom. The van der Waals surface area contributed by atoms with Crippen LogP contribution in [0, 0.1) is 5.82 Å². The summed E-state index contributed by atoms with van der Waals surface area (Å²) in [6.07, 6.45) is 1.97. The van der Waals surface area contributed by atoms with E-state index in [0.29, 0.717) is 39.3 Å². The second-order valence-electron chi connectivity index (χ2n) is 6.92. The smallest absolute Gasteiger partial charge is 0.278 e. The first-order chi connectivity index (χ1) is 14.5. The molecule has 6 nitrogen and oxygen atoms in total. The highest BCUT2D eigenvalue weighted by molar-refractivity contribution is 7.99. The Bertz CT molecular complexity index is 1380. The Labute approximate surface area is 179 Å². The molecule has 0 saturated carbocycles. The van der Waals surface area contributed by atoms with Crippen LogP contribution < -0.4 is 10.9 Å². The molecule has 1 aliphatic heterocycles. The third-order valence-electron chi connectivity index (χ3n) is 5.09. The highest BCUT2D eigenvalue weighted by atomic mass is 32.2. The molecule has 0 fully saturated rings. The minimum atomic E-state index is -0.407. The molecule has 0 radical (unpaired) electrons. The summed E-state index contributed by atoms with van der Waals surface area (Å²) in [5.41, 5.74) is 1.86. The Balaban J connectivity index is 1.62. The fraction of sp³-hybridized carbons (Fsp3) is 0.190. The number of nitrogens with one attached hydrogen (secondary N) is 1. The number of nitrogens with zero attached hydrogens (tertiary/aromatic N) is 3. The lowest BCUT2D eigenvalue weighted by Crippen LogP contribution is -2.25. The molecule has 3 heterocycles. The van der Waals surface area contributed by atoms with Crippen LogP contribution in [0.5, 0.6) is 0 Å². The average molecular weight is 441 g/mol. The topological polar surface area (TPSA) is 68.9 Å². The number of hydrogen-bond donors (Lipinski definition) is 1. The van der Waals surface area contributed by atoms with Crippen LogP contribution in [0.2, 0.25) is 0 Å². The van der Waals surface area contributed by atoms with Gasteiger partial charge in [-0.15, -0.1) is 11.8 Å². The minimum Gasteiger partial charge on any atom is -0.325 e. The van der Waals surface area contributed by atoms with Crippen molar-refractivity contribution in [1.29, 1.82) is 0 Å². The van der Waals surface area contributed by atoms with Gasteiger partial charge in [0, 0.05) is 28.3 Å². The van der Waals surface area contributed by atoms with E-state index in [-0.39, 0.29) is 18.0 Å². The number of rotatable bonds is 4. The molecule has 30 heavy (non-hydrogen) atoms. The molecule has 152 valence electrons. The maximum atomic E-state index is 14.0. The molecule has 9 heteroatoms. The van der Waals surface area contributed by atoms with Crippen LogP contribution in [0.4, 0.5) is 10.1 Å². The van der Waals surface area contributed by atoms with Crippen LogP contribution >= 0.6 is 23.5 Å². The molecular weight excluding hydrogens is 423 g/mol. The Morgan fingerprint density at radius 2 is 2.17 bits per heavy atom. The summed E-state index contributed by atoms with van der Waals surface area (Å²) in [7, 11) is 0. The van der Waals surface area contributed by atoms with Crippen LogP contribution in [-0.2, 0) is 17.9 Å². The SMILES string of the molecule is CSc1cccc(NC(=O)Cn2c3ccc(F)cc3c3nc4n(c(=O)c32)CCS4)c1. The molecule has 1 amide bonds. The Kier molecular flexibility index (Phi) is 4.79. The van der Waals surface area contributed by atoms with E-state index in [9.17, 15) is 14.0 Å². The number of hydrogen-bond acceptors (Lipinski definition) is 5. The second-order valence-corrected chi connectivity index (χ2v) is 8.87. The van der Waals surface area contributed by atoms with Crippen LogP contribution in [0.25, 0.3) is 21.9 Å². The molecule has 2 aromatic carbocycles. The van der Waals surface area contributed by atoms with Gasteiger partial charge in [-0.3, -0.25) is 14.2 Å². The van der Waals surface area contributed by atoms with Crippen molar-refractivity contribution >= 4 is 57.1 Å². The van der Waals surface area contributed by atoms with Gasteiger partial charge >= 0.3 is 0 Å².